The Hall–Kier alpha value is -4.28. The summed E-state index contributed by atoms with van der Waals surface area (Å²) in [5.74, 6) is -0.970. The third-order valence-electron chi connectivity index (χ3n) is 16.7. The third kappa shape index (κ3) is 21.0. The van der Waals surface area contributed by atoms with Crippen LogP contribution in [0.1, 0.15) is 223 Å². The monoisotopic (exact) mass is 1100 g/mol. The number of fused-ring (bicyclic) bond motifs is 2. The van der Waals surface area contributed by atoms with Crippen LogP contribution >= 0.6 is 0 Å². The minimum Gasteiger partial charge on any atom is -0.462 e. The third-order valence-corrected chi connectivity index (χ3v) is 16.7. The van der Waals surface area contributed by atoms with E-state index < -0.39 is 89.7 Å². The van der Waals surface area contributed by atoms with Gasteiger partial charge in [-0.2, -0.15) is 0 Å². The molecule has 4 unspecified atom stereocenters. The SMILES string of the molecule is C.C.C.C.C.C.CCC(C)(C)C(=O)OC1CC2CC(C(=O)OCOC)C1C2.CCC(C)(C)C(=O)OCC(=O)OCC(=O)OC1(C)CCCC1.CCC(C)(C)C(=O)OCC(=O)OCC(=O)OC1(CC)C2CC3CC(C2)CC1C3. The average molecular weight is 1100 g/mol. The highest BCUT2D eigenvalue weighted by Gasteiger charge is 2.59. The molecule has 17 nitrogen and oxygen atoms in total. The van der Waals surface area contributed by atoms with Crippen LogP contribution in [0.4, 0.5) is 0 Å². The van der Waals surface area contributed by atoms with Gasteiger partial charge in [0.25, 0.3) is 0 Å². The van der Waals surface area contributed by atoms with Gasteiger partial charge in [0, 0.05) is 13.0 Å². The molecule has 0 saturated heterocycles. The molecular formula is C60H110O17. The molecule has 77 heavy (non-hydrogen) atoms. The van der Waals surface area contributed by atoms with E-state index in [0.29, 0.717) is 30.6 Å². The molecule has 0 aromatic carbocycles. The molecule has 7 aliphatic rings. The van der Waals surface area contributed by atoms with E-state index in [-0.39, 0.29) is 81.2 Å². The van der Waals surface area contributed by atoms with E-state index in [1.54, 1.807) is 27.7 Å². The van der Waals surface area contributed by atoms with Gasteiger partial charge in [-0.1, -0.05) is 72.3 Å². The van der Waals surface area contributed by atoms with Crippen molar-refractivity contribution in [2.24, 2.45) is 57.7 Å². The zero-order chi connectivity index (χ0) is 53.0. The summed E-state index contributed by atoms with van der Waals surface area (Å²) < 4.78 is 46.5. The number of hydrogen-bond donors (Lipinski definition) is 0. The van der Waals surface area contributed by atoms with Crippen molar-refractivity contribution < 1.29 is 81.0 Å². The first-order valence-corrected chi connectivity index (χ1v) is 26.2. The van der Waals surface area contributed by atoms with Gasteiger partial charge in [0.1, 0.15) is 17.3 Å². The number of ether oxygens (including phenoxy) is 9. The minimum atomic E-state index is -0.756. The summed E-state index contributed by atoms with van der Waals surface area (Å²) in [6, 6.07) is 0. The van der Waals surface area contributed by atoms with Gasteiger partial charge in [0.2, 0.25) is 0 Å². The van der Waals surface area contributed by atoms with Crippen LogP contribution < -0.4 is 0 Å². The average Bonchev–Trinajstić information content (AvgIpc) is 4.08. The Balaban J connectivity index is -0.00000104. The fourth-order valence-electron chi connectivity index (χ4n) is 11.2. The number of rotatable bonds is 21. The molecule has 0 spiro atoms. The molecule has 0 radical (unpaired) electrons. The van der Waals surface area contributed by atoms with E-state index in [4.69, 9.17) is 42.6 Å². The highest BCUT2D eigenvalue weighted by atomic mass is 16.7. The zero-order valence-electron chi connectivity index (χ0n) is 44.9. The molecule has 0 aromatic heterocycles. The highest BCUT2D eigenvalue weighted by molar-refractivity contribution is 5.82. The Kier molecular flexibility index (Phi) is 33.3. The first-order valence-electron chi connectivity index (χ1n) is 26.2. The van der Waals surface area contributed by atoms with E-state index in [1.807, 2.05) is 41.5 Å². The van der Waals surface area contributed by atoms with Gasteiger partial charge >= 0.3 is 47.8 Å². The van der Waals surface area contributed by atoms with Gasteiger partial charge < -0.3 is 42.6 Å². The van der Waals surface area contributed by atoms with E-state index in [1.165, 1.54) is 13.5 Å². The molecule has 0 amide bonds. The fraction of sp³-hybridized carbons (Fsp3) is 0.867. The molecule has 4 atom stereocenters. The van der Waals surface area contributed by atoms with Crippen LogP contribution in [-0.2, 0) is 81.0 Å². The smallest absolute Gasteiger partial charge is 0.344 e. The number of methoxy groups -OCH3 is 1. The topological polar surface area (TPSA) is 220 Å². The number of hydrogen-bond acceptors (Lipinski definition) is 17. The summed E-state index contributed by atoms with van der Waals surface area (Å²) in [6.45, 7) is 18.6. The van der Waals surface area contributed by atoms with Crippen molar-refractivity contribution in [3.8, 4) is 0 Å². The van der Waals surface area contributed by atoms with E-state index in [0.717, 1.165) is 95.3 Å². The lowest BCUT2D eigenvalue weighted by Gasteiger charge is -2.60. The second kappa shape index (κ2) is 33.3. The van der Waals surface area contributed by atoms with Crippen LogP contribution in [-0.4, -0.2) is 105 Å². The van der Waals surface area contributed by atoms with Gasteiger partial charge in [0.15, 0.2) is 33.2 Å². The Morgan fingerprint density at radius 1 is 0.481 bits per heavy atom. The standard InChI is InChI=1S/C22H34O6.C16H26O6.C16H26O5.6CH4/c1-5-21(3,4)20(25)27-12-18(23)26-13-19(24)28-22(6-2)16-8-14-7-15(10-16)11-17(22)9-14;1-5-15(2,3)14(19)21-10-12(17)20-11-13(18)22-16(4)8-6-7-9-16;1-5-16(2,3)15(18)21-13-8-10-6-11(13)12(7-10)14(17)20-9-19-4;;;;;;/h14-17H,5-13H2,1-4H3;5-11H2,1-4H3;10-13H,5-9H2,1-4H3;6*1H4. The van der Waals surface area contributed by atoms with Crippen LogP contribution in [0.15, 0.2) is 0 Å². The van der Waals surface area contributed by atoms with Gasteiger partial charge in [-0.3, -0.25) is 19.2 Å². The summed E-state index contributed by atoms with van der Waals surface area (Å²) >= 11 is 0. The minimum absolute atomic E-state index is 0. The summed E-state index contributed by atoms with van der Waals surface area (Å²) in [5, 5.41) is 0. The summed E-state index contributed by atoms with van der Waals surface area (Å²) in [5.41, 5.74) is -2.59. The maximum absolute atomic E-state index is 12.4. The lowest BCUT2D eigenvalue weighted by atomic mass is 9.49. The largest absolute Gasteiger partial charge is 0.462 e. The lowest BCUT2D eigenvalue weighted by Crippen LogP contribution is -2.59. The number of esters is 8. The number of carbonyl (C=O) groups is 8. The first-order chi connectivity index (χ1) is 33.3. The maximum atomic E-state index is 12.4. The van der Waals surface area contributed by atoms with Crippen LogP contribution in [0.3, 0.4) is 0 Å². The van der Waals surface area contributed by atoms with Gasteiger partial charge in [-0.25, -0.2) is 19.2 Å². The number of carbonyl (C=O) groups excluding carboxylic acids is 8. The normalized spacial score (nSPS) is 25.5. The fourth-order valence-corrected chi connectivity index (χ4v) is 11.2. The van der Waals surface area contributed by atoms with Gasteiger partial charge in [-0.05, 0) is 181 Å². The van der Waals surface area contributed by atoms with Crippen molar-refractivity contribution in [2.45, 2.75) is 241 Å². The highest BCUT2D eigenvalue weighted by Crippen LogP contribution is 2.60. The molecule has 7 fully saturated rings. The summed E-state index contributed by atoms with van der Waals surface area (Å²) in [4.78, 5) is 95.3. The lowest BCUT2D eigenvalue weighted by molar-refractivity contribution is -0.214. The molecule has 0 heterocycles. The Morgan fingerprint density at radius 2 is 0.883 bits per heavy atom. The molecule has 0 aromatic rings. The molecule has 452 valence electrons. The molecule has 6 bridgehead atoms. The van der Waals surface area contributed by atoms with Gasteiger partial charge in [0.05, 0.1) is 22.2 Å². The molecule has 7 aliphatic carbocycles. The summed E-state index contributed by atoms with van der Waals surface area (Å²) in [7, 11) is 1.49. The van der Waals surface area contributed by atoms with Crippen molar-refractivity contribution in [1.82, 2.24) is 0 Å². The predicted molar refractivity (Wildman–Crippen MR) is 298 cm³/mol. The first kappa shape index (κ1) is 77.0. The molecule has 0 N–H and O–H groups in total. The Labute approximate surface area is 466 Å². The zero-order valence-corrected chi connectivity index (χ0v) is 44.9. The van der Waals surface area contributed by atoms with Crippen LogP contribution in [0, 0.1) is 57.7 Å². The molecule has 0 aliphatic heterocycles. The molecule has 17 heteroatoms. The molecule has 7 rings (SSSR count). The Morgan fingerprint density at radius 3 is 1.29 bits per heavy atom. The van der Waals surface area contributed by atoms with Crippen molar-refractivity contribution in [3.63, 3.8) is 0 Å². The Bertz CT molecular complexity index is 1830. The van der Waals surface area contributed by atoms with Gasteiger partial charge in [-0.15, -0.1) is 0 Å². The van der Waals surface area contributed by atoms with E-state index in [9.17, 15) is 38.4 Å². The second-order valence-electron chi connectivity index (χ2n) is 23.1. The van der Waals surface area contributed by atoms with E-state index >= 15 is 0 Å². The van der Waals surface area contributed by atoms with E-state index in [2.05, 4.69) is 6.92 Å². The van der Waals surface area contributed by atoms with Crippen molar-refractivity contribution >= 4 is 47.8 Å². The molecule has 7 saturated carbocycles. The maximum Gasteiger partial charge on any atom is 0.344 e. The van der Waals surface area contributed by atoms with Crippen molar-refractivity contribution in [1.29, 1.82) is 0 Å². The predicted octanol–water partition coefficient (Wildman–Crippen LogP) is 12.4. The van der Waals surface area contributed by atoms with Crippen molar-refractivity contribution in [3.05, 3.63) is 0 Å². The van der Waals surface area contributed by atoms with Crippen LogP contribution in [0.25, 0.3) is 0 Å². The van der Waals surface area contributed by atoms with Crippen LogP contribution in [0.5, 0.6) is 0 Å². The second-order valence-corrected chi connectivity index (χ2v) is 23.1. The quantitative estimate of drug-likeness (QED) is 0.0592. The molecular weight excluding hydrogens is 993 g/mol. The summed E-state index contributed by atoms with van der Waals surface area (Å²) in [6.07, 6.45) is 15.0. The van der Waals surface area contributed by atoms with Crippen LogP contribution in [0.2, 0.25) is 0 Å². The van der Waals surface area contributed by atoms with Crippen molar-refractivity contribution in [2.75, 3.05) is 40.3 Å².